The van der Waals surface area contributed by atoms with Gasteiger partial charge in [-0.1, -0.05) is 18.2 Å². The fraction of sp³-hybridized carbons (Fsp3) is 0.263. The van der Waals surface area contributed by atoms with Gasteiger partial charge < -0.3 is 10.1 Å². The molecular formula is C19H22N4O. The van der Waals surface area contributed by atoms with Gasteiger partial charge >= 0.3 is 0 Å². The van der Waals surface area contributed by atoms with E-state index in [0.717, 1.165) is 22.8 Å². The van der Waals surface area contributed by atoms with E-state index in [2.05, 4.69) is 36.1 Å². The number of anilines is 1. The molecule has 0 aliphatic rings. The van der Waals surface area contributed by atoms with E-state index < -0.39 is 0 Å². The third-order valence-electron chi connectivity index (χ3n) is 3.48. The van der Waals surface area contributed by atoms with Crippen LogP contribution in [0, 0.1) is 0 Å². The molecule has 5 nitrogen and oxygen atoms in total. The maximum atomic E-state index is 5.40. The number of nitrogens with zero attached hydrogens (tertiary/aromatic N) is 3. The van der Waals surface area contributed by atoms with Crippen LogP contribution in [0.4, 0.5) is 5.82 Å². The number of methoxy groups -OCH3 is 1. The van der Waals surface area contributed by atoms with Gasteiger partial charge in [0, 0.05) is 23.5 Å². The van der Waals surface area contributed by atoms with E-state index in [-0.39, 0.29) is 5.54 Å². The molecule has 2 aromatic heterocycles. The number of ether oxygens (including phenoxy) is 1. The first-order chi connectivity index (χ1) is 11.5. The summed E-state index contributed by atoms with van der Waals surface area (Å²) in [6, 6.07) is 9.80. The number of aromatic nitrogens is 3. The highest BCUT2D eigenvalue weighted by Crippen LogP contribution is 2.25. The van der Waals surface area contributed by atoms with Gasteiger partial charge in [-0.2, -0.15) is 0 Å². The predicted molar refractivity (Wildman–Crippen MR) is 98.3 cm³/mol. The van der Waals surface area contributed by atoms with Crippen molar-refractivity contribution in [2.24, 2.45) is 0 Å². The number of hydrogen-bond donors (Lipinski definition) is 1. The van der Waals surface area contributed by atoms with Gasteiger partial charge in [0.1, 0.15) is 17.3 Å². The van der Waals surface area contributed by atoms with Crippen molar-refractivity contribution in [2.45, 2.75) is 26.3 Å². The van der Waals surface area contributed by atoms with E-state index in [4.69, 9.17) is 4.74 Å². The summed E-state index contributed by atoms with van der Waals surface area (Å²) < 4.78 is 7.36. The average molecular weight is 322 g/mol. The predicted octanol–water partition coefficient (Wildman–Crippen LogP) is 4.12. The lowest BCUT2D eigenvalue weighted by Crippen LogP contribution is -2.27. The first-order valence-corrected chi connectivity index (χ1v) is 7.90. The van der Waals surface area contributed by atoms with E-state index in [1.165, 1.54) is 0 Å². The van der Waals surface area contributed by atoms with E-state index in [1.54, 1.807) is 13.3 Å². The minimum atomic E-state index is -0.0845. The lowest BCUT2D eigenvalue weighted by atomic mass is 10.1. The smallest absolute Gasteiger partial charge is 0.235 e. The normalized spacial score (nSPS) is 12.0. The molecule has 0 aliphatic heterocycles. The van der Waals surface area contributed by atoms with Crippen molar-refractivity contribution in [3.63, 3.8) is 0 Å². The summed E-state index contributed by atoms with van der Waals surface area (Å²) in [5.41, 5.74) is 1.76. The molecule has 0 radical (unpaired) electrons. The highest BCUT2D eigenvalue weighted by atomic mass is 16.5. The maximum absolute atomic E-state index is 5.40. The van der Waals surface area contributed by atoms with Crippen LogP contribution in [-0.4, -0.2) is 27.0 Å². The molecule has 0 atom stereocenters. The zero-order valence-corrected chi connectivity index (χ0v) is 14.4. The van der Waals surface area contributed by atoms with Crippen molar-refractivity contribution >= 4 is 23.7 Å². The highest BCUT2D eigenvalue weighted by molar-refractivity contribution is 5.77. The van der Waals surface area contributed by atoms with Crippen LogP contribution < -0.4 is 10.1 Å². The summed E-state index contributed by atoms with van der Waals surface area (Å²) in [5, 5.41) is 3.52. The fourth-order valence-electron chi connectivity index (χ4n) is 2.47. The molecule has 0 spiro atoms. The lowest BCUT2D eigenvalue weighted by molar-refractivity contribution is 0.414. The zero-order chi connectivity index (χ0) is 17.2. The molecule has 2 heterocycles. The van der Waals surface area contributed by atoms with Crippen LogP contribution in [0.3, 0.4) is 0 Å². The summed E-state index contributed by atoms with van der Waals surface area (Å²) in [5.74, 6) is 2.43. The highest BCUT2D eigenvalue weighted by Gasteiger charge is 2.17. The molecule has 0 fully saturated rings. The lowest BCUT2D eigenvalue weighted by Gasteiger charge is -2.22. The minimum absolute atomic E-state index is 0.0845. The third kappa shape index (κ3) is 3.40. The quantitative estimate of drug-likeness (QED) is 0.785. The Kier molecular flexibility index (Phi) is 4.25. The zero-order valence-electron chi connectivity index (χ0n) is 14.4. The molecule has 0 saturated heterocycles. The van der Waals surface area contributed by atoms with E-state index >= 15 is 0 Å². The van der Waals surface area contributed by atoms with Crippen molar-refractivity contribution in [1.29, 1.82) is 0 Å². The largest absolute Gasteiger partial charge is 0.496 e. The molecule has 24 heavy (non-hydrogen) atoms. The van der Waals surface area contributed by atoms with E-state index in [1.807, 2.05) is 53.1 Å². The Morgan fingerprint density at radius 3 is 2.67 bits per heavy atom. The molecule has 0 amide bonds. The second-order valence-corrected chi connectivity index (χ2v) is 6.59. The topological polar surface area (TPSA) is 51.5 Å². The Balaban J connectivity index is 2.05. The summed E-state index contributed by atoms with van der Waals surface area (Å²) in [6.07, 6.45) is 7.70. The van der Waals surface area contributed by atoms with Gasteiger partial charge in [-0.3, -0.25) is 4.40 Å². The van der Waals surface area contributed by atoms with Crippen molar-refractivity contribution in [3.8, 4) is 5.75 Å². The fourth-order valence-corrected chi connectivity index (χ4v) is 2.47. The number of imidazole rings is 1. The second kappa shape index (κ2) is 6.35. The van der Waals surface area contributed by atoms with Gasteiger partial charge in [0.25, 0.3) is 0 Å². The minimum Gasteiger partial charge on any atom is -0.496 e. The summed E-state index contributed by atoms with van der Waals surface area (Å²) >= 11 is 0. The van der Waals surface area contributed by atoms with Crippen molar-refractivity contribution in [3.05, 3.63) is 54.0 Å². The molecule has 3 rings (SSSR count). The Labute approximate surface area is 142 Å². The molecular weight excluding hydrogens is 300 g/mol. The Hall–Kier alpha value is -2.82. The summed E-state index contributed by atoms with van der Waals surface area (Å²) in [7, 11) is 1.67. The molecule has 1 N–H and O–H groups in total. The van der Waals surface area contributed by atoms with Crippen molar-refractivity contribution in [1.82, 2.24) is 14.4 Å². The SMILES string of the molecule is COc1ccccc1/C=C/c1nc2ncccn2c1NC(C)(C)C. The number of hydrogen-bond acceptors (Lipinski definition) is 4. The number of para-hydroxylation sites is 1. The maximum Gasteiger partial charge on any atom is 0.235 e. The van der Waals surface area contributed by atoms with Gasteiger partial charge in [-0.25, -0.2) is 9.97 Å². The number of benzene rings is 1. The molecule has 3 aromatic rings. The molecule has 0 unspecified atom stereocenters. The van der Waals surface area contributed by atoms with Crippen LogP contribution in [0.25, 0.3) is 17.9 Å². The molecule has 1 aromatic carbocycles. The first-order valence-electron chi connectivity index (χ1n) is 7.90. The average Bonchev–Trinajstić information content (AvgIpc) is 2.89. The monoisotopic (exact) mass is 322 g/mol. The van der Waals surface area contributed by atoms with E-state index in [9.17, 15) is 0 Å². The Morgan fingerprint density at radius 2 is 1.92 bits per heavy atom. The molecule has 124 valence electrons. The molecule has 0 bridgehead atoms. The van der Waals surface area contributed by atoms with Gasteiger partial charge in [0.15, 0.2) is 0 Å². The van der Waals surface area contributed by atoms with Crippen LogP contribution in [0.2, 0.25) is 0 Å². The van der Waals surface area contributed by atoms with Crippen LogP contribution in [0.15, 0.2) is 42.7 Å². The van der Waals surface area contributed by atoms with Crippen LogP contribution >= 0.6 is 0 Å². The van der Waals surface area contributed by atoms with Gasteiger partial charge in [-0.05, 0) is 45.1 Å². The van der Waals surface area contributed by atoms with Crippen molar-refractivity contribution in [2.75, 3.05) is 12.4 Å². The Morgan fingerprint density at radius 1 is 1.12 bits per heavy atom. The molecule has 0 saturated carbocycles. The molecule has 0 aliphatic carbocycles. The number of fused-ring (bicyclic) bond motifs is 1. The van der Waals surface area contributed by atoms with Crippen molar-refractivity contribution < 1.29 is 4.74 Å². The number of nitrogens with one attached hydrogen (secondary N) is 1. The van der Waals surface area contributed by atoms with E-state index in [0.29, 0.717) is 5.78 Å². The standard InChI is InChI=1S/C19H22N4O/c1-19(2,3)22-17-15(21-18-20-12-7-13-23(17)18)11-10-14-8-5-6-9-16(14)24-4/h5-13,22H,1-4H3/b11-10+. The number of rotatable bonds is 4. The van der Waals surface area contributed by atoms with Gasteiger partial charge in [0.05, 0.1) is 7.11 Å². The van der Waals surface area contributed by atoms with Crippen LogP contribution in [0.5, 0.6) is 5.75 Å². The van der Waals surface area contributed by atoms with Gasteiger partial charge in [-0.15, -0.1) is 0 Å². The second-order valence-electron chi connectivity index (χ2n) is 6.59. The first kappa shape index (κ1) is 16.1. The summed E-state index contributed by atoms with van der Waals surface area (Å²) in [4.78, 5) is 8.96. The van der Waals surface area contributed by atoms with Crippen LogP contribution in [0.1, 0.15) is 32.0 Å². The molecule has 5 heteroatoms. The van der Waals surface area contributed by atoms with Gasteiger partial charge in [0.2, 0.25) is 5.78 Å². The summed E-state index contributed by atoms with van der Waals surface area (Å²) in [6.45, 7) is 6.36. The third-order valence-corrected chi connectivity index (χ3v) is 3.48. The van der Waals surface area contributed by atoms with Crippen LogP contribution in [-0.2, 0) is 0 Å². The Bertz CT molecular complexity index is 874.